The molecule has 0 fully saturated rings. The van der Waals surface area contributed by atoms with Crippen molar-refractivity contribution in [2.45, 2.75) is 6.54 Å². The predicted molar refractivity (Wildman–Crippen MR) is 77.4 cm³/mol. The average molecular weight is 284 g/mol. The van der Waals surface area contributed by atoms with E-state index in [2.05, 4.69) is 10.3 Å². The van der Waals surface area contributed by atoms with Crippen LogP contribution in [0.25, 0.3) is 11.3 Å². The topological polar surface area (TPSA) is 55.1 Å². The van der Waals surface area contributed by atoms with Gasteiger partial charge in [0, 0.05) is 24.5 Å². The zero-order chi connectivity index (χ0) is 13.8. The Morgan fingerprint density at radius 2 is 2.25 bits per heavy atom. The van der Waals surface area contributed by atoms with E-state index in [9.17, 15) is 4.79 Å². The van der Waals surface area contributed by atoms with Gasteiger partial charge in [-0.3, -0.25) is 9.78 Å². The van der Waals surface area contributed by atoms with E-state index >= 15 is 0 Å². The van der Waals surface area contributed by atoms with Gasteiger partial charge in [-0.1, -0.05) is 6.07 Å². The van der Waals surface area contributed by atoms with Gasteiger partial charge < -0.3 is 9.73 Å². The summed E-state index contributed by atoms with van der Waals surface area (Å²) in [5.41, 5.74) is 1.83. The summed E-state index contributed by atoms with van der Waals surface area (Å²) in [5.74, 6) is 0.701. The molecule has 0 aliphatic heterocycles. The van der Waals surface area contributed by atoms with Crippen LogP contribution in [-0.4, -0.2) is 10.9 Å². The number of rotatable bonds is 4. The minimum Gasteiger partial charge on any atom is -0.464 e. The van der Waals surface area contributed by atoms with Crippen molar-refractivity contribution < 1.29 is 9.21 Å². The fourth-order valence-corrected chi connectivity index (χ4v) is 2.48. The highest BCUT2D eigenvalue weighted by Gasteiger charge is 2.07. The number of pyridine rings is 1. The van der Waals surface area contributed by atoms with Crippen molar-refractivity contribution in [3.05, 3.63) is 64.8 Å². The molecule has 0 aromatic carbocycles. The average Bonchev–Trinajstić information content (AvgIpc) is 3.17. The highest BCUT2D eigenvalue weighted by atomic mass is 32.1. The number of nitrogens with zero attached hydrogens (tertiary/aromatic N) is 1. The van der Waals surface area contributed by atoms with Crippen molar-refractivity contribution in [2.75, 3.05) is 0 Å². The second kappa shape index (κ2) is 5.71. The second-order valence-corrected chi connectivity index (χ2v) is 5.17. The van der Waals surface area contributed by atoms with Gasteiger partial charge >= 0.3 is 0 Å². The number of amides is 1. The summed E-state index contributed by atoms with van der Waals surface area (Å²) >= 11 is 1.42. The van der Waals surface area contributed by atoms with Crippen LogP contribution >= 0.6 is 11.3 Å². The molecule has 1 amide bonds. The highest BCUT2D eigenvalue weighted by Crippen LogP contribution is 2.19. The van der Waals surface area contributed by atoms with Gasteiger partial charge in [0.15, 0.2) is 0 Å². The summed E-state index contributed by atoms with van der Waals surface area (Å²) in [6, 6.07) is 9.34. The molecule has 3 aromatic rings. The van der Waals surface area contributed by atoms with Gasteiger partial charge in [0.1, 0.15) is 5.76 Å². The Morgan fingerprint density at radius 3 is 3.00 bits per heavy atom. The summed E-state index contributed by atoms with van der Waals surface area (Å²) in [6.07, 6.45) is 5.10. The number of furan rings is 1. The van der Waals surface area contributed by atoms with Crippen LogP contribution in [0, 0.1) is 0 Å². The van der Waals surface area contributed by atoms with Gasteiger partial charge in [-0.15, -0.1) is 11.3 Å². The lowest BCUT2D eigenvalue weighted by molar-refractivity contribution is 0.0955. The van der Waals surface area contributed by atoms with Gasteiger partial charge in [-0.2, -0.15) is 0 Å². The zero-order valence-electron chi connectivity index (χ0n) is 10.6. The van der Waals surface area contributed by atoms with Crippen LogP contribution in [0.4, 0.5) is 0 Å². The van der Waals surface area contributed by atoms with Gasteiger partial charge in [0.25, 0.3) is 5.91 Å². The molecule has 3 rings (SSSR count). The number of hydrogen-bond acceptors (Lipinski definition) is 4. The highest BCUT2D eigenvalue weighted by molar-refractivity contribution is 7.12. The molecule has 0 bridgehead atoms. The molecule has 20 heavy (non-hydrogen) atoms. The van der Waals surface area contributed by atoms with E-state index in [0.29, 0.717) is 11.4 Å². The molecule has 0 spiro atoms. The van der Waals surface area contributed by atoms with Gasteiger partial charge in [0.05, 0.1) is 11.1 Å². The van der Waals surface area contributed by atoms with Crippen molar-refractivity contribution in [3.63, 3.8) is 0 Å². The number of thiophene rings is 1. The smallest absolute Gasteiger partial charge is 0.261 e. The maximum absolute atomic E-state index is 11.9. The molecule has 0 aliphatic carbocycles. The third-order valence-corrected chi connectivity index (χ3v) is 3.67. The zero-order valence-corrected chi connectivity index (χ0v) is 11.4. The molecule has 0 atom stereocenters. The Morgan fingerprint density at radius 1 is 1.30 bits per heavy atom. The summed E-state index contributed by atoms with van der Waals surface area (Å²) in [5, 5.41) is 4.76. The quantitative estimate of drug-likeness (QED) is 0.799. The number of carbonyl (C=O) groups excluding carboxylic acids is 1. The van der Waals surface area contributed by atoms with Crippen molar-refractivity contribution in [3.8, 4) is 11.3 Å². The molecule has 0 saturated heterocycles. The Hall–Kier alpha value is -2.40. The third-order valence-electron chi connectivity index (χ3n) is 2.80. The molecule has 0 saturated carbocycles. The maximum Gasteiger partial charge on any atom is 0.261 e. The number of carbonyl (C=O) groups is 1. The van der Waals surface area contributed by atoms with E-state index in [0.717, 1.165) is 16.9 Å². The van der Waals surface area contributed by atoms with E-state index in [1.54, 1.807) is 24.7 Å². The Bertz CT molecular complexity index is 691. The third kappa shape index (κ3) is 2.78. The largest absolute Gasteiger partial charge is 0.464 e. The predicted octanol–water partition coefficient (Wildman–Crippen LogP) is 3.33. The maximum atomic E-state index is 11.9. The molecule has 100 valence electrons. The van der Waals surface area contributed by atoms with Gasteiger partial charge in [0.2, 0.25) is 0 Å². The minimum atomic E-state index is -0.0663. The van der Waals surface area contributed by atoms with Crippen LogP contribution in [0.15, 0.2) is 58.8 Å². The molecule has 3 heterocycles. The first kappa shape index (κ1) is 12.6. The minimum absolute atomic E-state index is 0.0663. The molecule has 3 aromatic heterocycles. The molecule has 4 nitrogen and oxygen atoms in total. The molecular weight excluding hydrogens is 272 g/mol. The van der Waals surface area contributed by atoms with Crippen LogP contribution < -0.4 is 5.32 Å². The Labute approximate surface area is 120 Å². The summed E-state index contributed by atoms with van der Waals surface area (Å²) in [4.78, 5) is 16.7. The van der Waals surface area contributed by atoms with E-state index in [1.165, 1.54) is 11.3 Å². The Balaban J connectivity index is 1.69. The Kier molecular flexibility index (Phi) is 3.60. The van der Waals surface area contributed by atoms with Crippen LogP contribution in [0.5, 0.6) is 0 Å². The first-order chi connectivity index (χ1) is 9.83. The lowest BCUT2D eigenvalue weighted by atomic mass is 10.1. The van der Waals surface area contributed by atoms with Crippen LogP contribution in [0.1, 0.15) is 15.2 Å². The number of aromatic nitrogens is 1. The summed E-state index contributed by atoms with van der Waals surface area (Å²) in [6.45, 7) is 0.443. The molecule has 5 heteroatoms. The molecule has 0 aliphatic rings. The van der Waals surface area contributed by atoms with Crippen molar-refractivity contribution >= 4 is 17.2 Å². The first-order valence-corrected chi connectivity index (χ1v) is 7.00. The van der Waals surface area contributed by atoms with E-state index in [4.69, 9.17) is 4.42 Å². The first-order valence-electron chi connectivity index (χ1n) is 6.12. The SMILES string of the molecule is O=C(NCc1cncc(-c2ccco2)c1)c1cccs1. The molecule has 1 N–H and O–H groups in total. The van der Waals surface area contributed by atoms with E-state index < -0.39 is 0 Å². The number of nitrogens with one attached hydrogen (secondary N) is 1. The summed E-state index contributed by atoms with van der Waals surface area (Å²) < 4.78 is 5.33. The molecule has 0 radical (unpaired) electrons. The van der Waals surface area contributed by atoms with Crippen molar-refractivity contribution in [1.82, 2.24) is 10.3 Å². The van der Waals surface area contributed by atoms with Crippen molar-refractivity contribution in [1.29, 1.82) is 0 Å². The lowest BCUT2D eigenvalue weighted by Gasteiger charge is -2.05. The monoisotopic (exact) mass is 284 g/mol. The summed E-state index contributed by atoms with van der Waals surface area (Å²) in [7, 11) is 0. The lowest BCUT2D eigenvalue weighted by Crippen LogP contribution is -2.21. The van der Waals surface area contributed by atoms with Crippen LogP contribution in [0.3, 0.4) is 0 Å². The van der Waals surface area contributed by atoms with Gasteiger partial charge in [-0.25, -0.2) is 0 Å². The van der Waals surface area contributed by atoms with Crippen LogP contribution in [-0.2, 0) is 6.54 Å². The van der Waals surface area contributed by atoms with Crippen molar-refractivity contribution in [2.24, 2.45) is 0 Å². The standard InChI is InChI=1S/C15H12N2O2S/c18-15(14-4-2-6-20-14)17-9-11-7-12(10-16-8-11)13-3-1-5-19-13/h1-8,10H,9H2,(H,17,18). The van der Waals surface area contributed by atoms with E-state index in [1.807, 2.05) is 29.6 Å². The fourth-order valence-electron chi connectivity index (χ4n) is 1.84. The molecular formula is C15H12N2O2S. The normalized spacial score (nSPS) is 10.4. The second-order valence-electron chi connectivity index (χ2n) is 4.22. The number of hydrogen-bond donors (Lipinski definition) is 1. The molecule has 0 unspecified atom stereocenters. The van der Waals surface area contributed by atoms with E-state index in [-0.39, 0.29) is 5.91 Å². The van der Waals surface area contributed by atoms with Gasteiger partial charge in [-0.05, 0) is 35.2 Å². The fraction of sp³-hybridized carbons (Fsp3) is 0.0667. The van der Waals surface area contributed by atoms with Crippen LogP contribution in [0.2, 0.25) is 0 Å².